The van der Waals surface area contributed by atoms with Crippen molar-refractivity contribution in [2.24, 2.45) is 5.73 Å². The first-order valence-corrected chi connectivity index (χ1v) is 14.4. The molecule has 206 valence electrons. The van der Waals surface area contributed by atoms with Gasteiger partial charge in [0.05, 0.1) is 4.90 Å². The number of benzene rings is 3. The summed E-state index contributed by atoms with van der Waals surface area (Å²) >= 11 is 0. The summed E-state index contributed by atoms with van der Waals surface area (Å²) in [6.45, 7) is 5.28. The lowest BCUT2D eigenvalue weighted by Crippen LogP contribution is -2.49. The van der Waals surface area contributed by atoms with Crippen molar-refractivity contribution >= 4 is 22.1 Å². The molecule has 3 aromatic rings. The summed E-state index contributed by atoms with van der Waals surface area (Å²) in [5.74, 6) is -1.74. The maximum absolute atomic E-state index is 14.0. The number of carbonyl (C=O) groups is 2. The summed E-state index contributed by atoms with van der Waals surface area (Å²) in [6.07, 6.45) is -0.469. The lowest BCUT2D eigenvalue weighted by Gasteiger charge is -2.29. The van der Waals surface area contributed by atoms with E-state index in [1.54, 1.807) is 26.0 Å². The molecular formula is C30H34N2O6S. The molecule has 1 amide bonds. The molecule has 1 atom stereocenters. The van der Waals surface area contributed by atoms with Gasteiger partial charge < -0.3 is 15.6 Å². The van der Waals surface area contributed by atoms with Crippen LogP contribution in [0.4, 0.5) is 4.79 Å². The van der Waals surface area contributed by atoms with Crippen LogP contribution in [0.5, 0.6) is 0 Å². The molecule has 3 aromatic carbocycles. The van der Waals surface area contributed by atoms with Gasteiger partial charge in [0, 0.05) is 5.92 Å². The van der Waals surface area contributed by atoms with Crippen molar-refractivity contribution in [3.63, 3.8) is 0 Å². The van der Waals surface area contributed by atoms with Gasteiger partial charge in [0.15, 0.2) is 0 Å². The quantitative estimate of drug-likeness (QED) is 0.335. The Morgan fingerprint density at radius 3 is 2.00 bits per heavy atom. The predicted octanol–water partition coefficient (Wildman–Crippen LogP) is 5.13. The molecule has 1 aliphatic carbocycles. The van der Waals surface area contributed by atoms with Gasteiger partial charge in [0.2, 0.25) is 0 Å². The number of amides is 1. The number of unbranched alkanes of at least 4 members (excludes halogenated alkanes) is 1. The van der Waals surface area contributed by atoms with Crippen molar-refractivity contribution in [3.05, 3.63) is 88.5 Å². The Balaban J connectivity index is 1.72. The first-order valence-electron chi connectivity index (χ1n) is 13.0. The summed E-state index contributed by atoms with van der Waals surface area (Å²) < 4.78 is 34.2. The summed E-state index contributed by atoms with van der Waals surface area (Å²) in [7, 11) is -4.58. The summed E-state index contributed by atoms with van der Waals surface area (Å²) in [6, 6.07) is 17.3. The van der Waals surface area contributed by atoms with Crippen LogP contribution in [0.3, 0.4) is 0 Å². The Morgan fingerprint density at radius 1 is 0.949 bits per heavy atom. The van der Waals surface area contributed by atoms with E-state index in [-0.39, 0.29) is 23.8 Å². The molecule has 3 N–H and O–H groups in total. The number of hydrogen-bond donors (Lipinski definition) is 2. The number of rotatable bonds is 10. The lowest BCUT2D eigenvalue weighted by molar-refractivity contribution is -0.141. The molecular weight excluding hydrogens is 516 g/mol. The standard InChI is InChI=1S/C30H34N2O6S/c1-19-16-20(2)28(21(3)17-19)39(36,37)32(27(29(33)34)14-8-9-15-31)30(35)38-18-26-24-12-6-4-10-22(24)23-11-5-7-13-25(23)26/h4-7,10-13,16-17,26-27H,8-9,14-15,18,31H2,1-3H3,(H,33,34)/t27-/m0/s1. The van der Waals surface area contributed by atoms with Crippen molar-refractivity contribution < 1.29 is 27.9 Å². The van der Waals surface area contributed by atoms with E-state index in [9.17, 15) is 23.1 Å². The average Bonchev–Trinajstić information content (AvgIpc) is 3.19. The molecule has 9 heteroatoms. The maximum Gasteiger partial charge on any atom is 0.424 e. The fourth-order valence-corrected chi connectivity index (χ4v) is 7.45. The zero-order chi connectivity index (χ0) is 28.3. The van der Waals surface area contributed by atoms with Gasteiger partial charge in [-0.3, -0.25) is 0 Å². The van der Waals surface area contributed by atoms with E-state index in [1.807, 2.05) is 55.5 Å². The SMILES string of the molecule is Cc1cc(C)c(S(=O)(=O)N(C(=O)OCC2c3ccccc3-c3ccccc32)[C@@H](CCCCN)C(=O)O)c(C)c1. The van der Waals surface area contributed by atoms with Gasteiger partial charge >= 0.3 is 12.1 Å². The number of aryl methyl sites for hydroxylation is 3. The molecule has 0 aromatic heterocycles. The smallest absolute Gasteiger partial charge is 0.424 e. The molecule has 39 heavy (non-hydrogen) atoms. The van der Waals surface area contributed by atoms with Crippen LogP contribution in [-0.4, -0.2) is 49.1 Å². The van der Waals surface area contributed by atoms with Crippen molar-refractivity contribution in [2.75, 3.05) is 13.2 Å². The third kappa shape index (κ3) is 5.55. The average molecular weight is 551 g/mol. The Labute approximate surface area is 229 Å². The molecule has 0 radical (unpaired) electrons. The van der Waals surface area contributed by atoms with Crippen LogP contribution in [0.25, 0.3) is 11.1 Å². The first kappa shape index (κ1) is 28.3. The highest BCUT2D eigenvalue weighted by Gasteiger charge is 2.42. The van der Waals surface area contributed by atoms with Crippen molar-refractivity contribution in [3.8, 4) is 11.1 Å². The number of carboxylic acid groups (broad SMARTS) is 1. The summed E-state index contributed by atoms with van der Waals surface area (Å²) in [5, 5.41) is 10.1. The first-order chi connectivity index (χ1) is 18.6. The fourth-order valence-electron chi connectivity index (χ4n) is 5.55. The summed E-state index contributed by atoms with van der Waals surface area (Å²) in [5.41, 5.74) is 11.3. The molecule has 0 saturated heterocycles. The molecule has 0 fully saturated rings. The summed E-state index contributed by atoms with van der Waals surface area (Å²) in [4.78, 5) is 25.9. The number of ether oxygens (including phenoxy) is 1. The minimum Gasteiger partial charge on any atom is -0.480 e. The number of sulfonamides is 1. The second-order valence-corrected chi connectivity index (χ2v) is 11.7. The van der Waals surface area contributed by atoms with Gasteiger partial charge in [-0.25, -0.2) is 18.0 Å². The Hall–Kier alpha value is -3.69. The molecule has 0 spiro atoms. The van der Waals surface area contributed by atoms with Crippen LogP contribution in [0.1, 0.15) is 53.0 Å². The fraction of sp³-hybridized carbons (Fsp3) is 0.333. The van der Waals surface area contributed by atoms with E-state index in [4.69, 9.17) is 10.5 Å². The zero-order valence-corrected chi connectivity index (χ0v) is 23.2. The number of carbonyl (C=O) groups excluding carboxylic acids is 1. The van der Waals surface area contributed by atoms with Crippen LogP contribution < -0.4 is 5.73 Å². The van der Waals surface area contributed by atoms with E-state index >= 15 is 0 Å². The third-order valence-corrected chi connectivity index (χ3v) is 9.22. The molecule has 4 rings (SSSR count). The molecule has 8 nitrogen and oxygen atoms in total. The van der Waals surface area contributed by atoms with Gasteiger partial charge in [-0.1, -0.05) is 66.2 Å². The number of fused-ring (bicyclic) bond motifs is 3. The molecule has 0 unspecified atom stereocenters. The van der Waals surface area contributed by atoms with Gasteiger partial charge in [0.1, 0.15) is 12.6 Å². The number of carboxylic acids is 1. The van der Waals surface area contributed by atoms with E-state index in [0.29, 0.717) is 34.8 Å². The molecule has 1 aliphatic rings. The molecule has 0 bridgehead atoms. The molecule has 0 aliphatic heterocycles. The van der Waals surface area contributed by atoms with Crippen LogP contribution in [0, 0.1) is 20.8 Å². The van der Waals surface area contributed by atoms with Gasteiger partial charge in [-0.2, -0.15) is 4.31 Å². The van der Waals surface area contributed by atoms with Gasteiger partial charge in [-0.15, -0.1) is 0 Å². The van der Waals surface area contributed by atoms with Crippen LogP contribution in [-0.2, 0) is 19.6 Å². The van der Waals surface area contributed by atoms with Crippen LogP contribution in [0.2, 0.25) is 0 Å². The highest BCUT2D eigenvalue weighted by atomic mass is 32.2. The Kier molecular flexibility index (Phi) is 8.42. The van der Waals surface area contributed by atoms with E-state index in [1.165, 1.54) is 0 Å². The third-order valence-electron chi connectivity index (χ3n) is 7.14. The largest absolute Gasteiger partial charge is 0.480 e. The predicted molar refractivity (Wildman–Crippen MR) is 149 cm³/mol. The highest BCUT2D eigenvalue weighted by molar-refractivity contribution is 7.89. The normalized spacial score (nSPS) is 13.4. The number of nitrogens with two attached hydrogens (primary N) is 1. The van der Waals surface area contributed by atoms with Crippen molar-refractivity contribution in [1.82, 2.24) is 4.31 Å². The maximum atomic E-state index is 14.0. The minimum atomic E-state index is -4.58. The van der Waals surface area contributed by atoms with Gasteiger partial charge in [-0.05, 0) is 80.0 Å². The van der Waals surface area contributed by atoms with E-state index < -0.39 is 28.1 Å². The van der Waals surface area contributed by atoms with Crippen LogP contribution in [0.15, 0.2) is 65.6 Å². The van der Waals surface area contributed by atoms with E-state index in [2.05, 4.69) is 0 Å². The molecule has 0 saturated carbocycles. The van der Waals surface area contributed by atoms with Crippen molar-refractivity contribution in [1.29, 1.82) is 0 Å². The van der Waals surface area contributed by atoms with Crippen LogP contribution >= 0.6 is 0 Å². The molecule has 0 heterocycles. The number of hydrogen-bond acceptors (Lipinski definition) is 6. The minimum absolute atomic E-state index is 0.0834. The number of aliphatic carboxylic acids is 1. The Morgan fingerprint density at radius 2 is 1.49 bits per heavy atom. The lowest BCUT2D eigenvalue weighted by atomic mass is 9.98. The number of nitrogens with zero attached hydrogens (tertiary/aromatic N) is 1. The second kappa shape index (κ2) is 11.6. The highest BCUT2D eigenvalue weighted by Crippen LogP contribution is 2.44. The topological polar surface area (TPSA) is 127 Å². The van der Waals surface area contributed by atoms with Crippen molar-refractivity contribution in [2.45, 2.75) is 56.9 Å². The second-order valence-electron chi connectivity index (χ2n) is 9.97. The van der Waals surface area contributed by atoms with Gasteiger partial charge in [0.25, 0.3) is 10.0 Å². The zero-order valence-electron chi connectivity index (χ0n) is 22.4. The Bertz CT molecular complexity index is 1430. The van der Waals surface area contributed by atoms with E-state index in [0.717, 1.165) is 27.8 Å². The monoisotopic (exact) mass is 550 g/mol.